The van der Waals surface area contributed by atoms with E-state index >= 15 is 0 Å². The smallest absolute Gasteiger partial charge is 0.405 e. The Bertz CT molecular complexity index is 343. The number of halogens is 1. The van der Waals surface area contributed by atoms with E-state index in [1.807, 2.05) is 18.2 Å². The Kier molecular flexibility index (Phi) is 4.34. The minimum Gasteiger partial charge on any atom is -0.405 e. The number of rotatable bonds is 1. The molecule has 1 aromatic heterocycles. The first-order valence-electron chi connectivity index (χ1n) is 5.30. The monoisotopic (exact) mass is 284 g/mol. The minimum absolute atomic E-state index is 0.341. The summed E-state index contributed by atoms with van der Waals surface area (Å²) in [7, 11) is 1.72. The van der Waals surface area contributed by atoms with Crippen molar-refractivity contribution in [2.45, 2.75) is 0 Å². The topological polar surface area (TPSA) is 34.6 Å². The van der Waals surface area contributed by atoms with Crippen LogP contribution in [-0.2, 0) is 9.31 Å². The van der Waals surface area contributed by atoms with Gasteiger partial charge in [-0.05, 0) is 35.1 Å². The Morgan fingerprint density at radius 2 is 2.00 bits per heavy atom. The number of hydrogen-bond donors (Lipinski definition) is 0. The molecule has 4 nitrogen and oxygen atoms in total. The van der Waals surface area contributed by atoms with Gasteiger partial charge in [0.05, 0.1) is 5.59 Å². The van der Waals surface area contributed by atoms with E-state index in [0.29, 0.717) is 13.2 Å². The molecule has 1 fully saturated rings. The summed E-state index contributed by atoms with van der Waals surface area (Å²) in [6.45, 7) is 3.17. The van der Waals surface area contributed by atoms with Gasteiger partial charge in [-0.3, -0.25) is 0 Å². The van der Waals surface area contributed by atoms with Crippen molar-refractivity contribution in [3.8, 4) is 0 Å². The van der Waals surface area contributed by atoms with E-state index in [1.54, 1.807) is 0 Å². The molecule has 2 rings (SSSR count). The summed E-state index contributed by atoms with van der Waals surface area (Å²) in [5.41, 5.74) is 0.818. The average molecular weight is 285 g/mol. The maximum Gasteiger partial charge on any atom is 0.513 e. The van der Waals surface area contributed by atoms with Gasteiger partial charge in [-0.25, -0.2) is 4.98 Å². The Hall–Kier alpha value is -0.425. The Morgan fingerprint density at radius 3 is 2.62 bits per heavy atom. The van der Waals surface area contributed by atoms with Crippen LogP contribution in [0, 0.1) is 0 Å². The first kappa shape index (κ1) is 12.0. The van der Waals surface area contributed by atoms with Crippen LogP contribution in [0.1, 0.15) is 0 Å². The van der Waals surface area contributed by atoms with Gasteiger partial charge in [0, 0.05) is 26.3 Å². The minimum atomic E-state index is -0.341. The van der Waals surface area contributed by atoms with Gasteiger partial charge in [0.15, 0.2) is 0 Å². The highest BCUT2D eigenvalue weighted by atomic mass is 79.9. The first-order chi connectivity index (χ1) is 7.75. The molecule has 0 unspecified atom stereocenters. The second-order valence-electron chi connectivity index (χ2n) is 3.76. The van der Waals surface area contributed by atoms with Crippen molar-refractivity contribution in [2.24, 2.45) is 0 Å². The molecule has 16 heavy (non-hydrogen) atoms. The van der Waals surface area contributed by atoms with Crippen molar-refractivity contribution < 1.29 is 9.31 Å². The van der Waals surface area contributed by atoms with Crippen LogP contribution in [-0.4, -0.2) is 50.4 Å². The zero-order chi connectivity index (χ0) is 11.4. The molecule has 0 atom stereocenters. The second kappa shape index (κ2) is 5.77. The maximum atomic E-state index is 5.65. The molecule has 86 valence electrons. The summed E-state index contributed by atoms with van der Waals surface area (Å²) in [5.74, 6) is 0. The summed E-state index contributed by atoms with van der Waals surface area (Å²) in [6, 6.07) is 5.74. The summed E-state index contributed by atoms with van der Waals surface area (Å²) in [6.07, 6.45) is 0. The summed E-state index contributed by atoms with van der Waals surface area (Å²) >= 11 is 3.34. The van der Waals surface area contributed by atoms with E-state index in [4.69, 9.17) is 9.31 Å². The Morgan fingerprint density at radius 1 is 1.31 bits per heavy atom. The van der Waals surface area contributed by atoms with Gasteiger partial charge in [0.25, 0.3) is 0 Å². The number of pyridine rings is 1. The standard InChI is InChI=1S/C10H14BBrN2O2/c1-14-5-7-15-11(16-8-6-14)9-3-2-4-10(12)13-9/h2-4H,5-8H2,1H3. The largest absolute Gasteiger partial charge is 0.513 e. The van der Waals surface area contributed by atoms with E-state index in [1.165, 1.54) is 0 Å². The van der Waals surface area contributed by atoms with Crippen LogP contribution in [0.5, 0.6) is 0 Å². The van der Waals surface area contributed by atoms with Gasteiger partial charge in [0.1, 0.15) is 4.60 Å². The summed E-state index contributed by atoms with van der Waals surface area (Å²) in [4.78, 5) is 6.53. The van der Waals surface area contributed by atoms with Crippen LogP contribution < -0.4 is 5.59 Å². The highest BCUT2D eigenvalue weighted by Crippen LogP contribution is 2.03. The maximum absolute atomic E-state index is 5.65. The third kappa shape index (κ3) is 3.28. The molecule has 0 spiro atoms. The van der Waals surface area contributed by atoms with Gasteiger partial charge >= 0.3 is 7.12 Å². The van der Waals surface area contributed by atoms with Crippen LogP contribution in [0.3, 0.4) is 0 Å². The lowest BCUT2D eigenvalue weighted by Crippen LogP contribution is -2.44. The molecule has 0 radical (unpaired) electrons. The number of hydrogen-bond acceptors (Lipinski definition) is 4. The van der Waals surface area contributed by atoms with E-state index < -0.39 is 0 Å². The number of likely N-dealkylation sites (N-methyl/N-ethyl adjacent to an activating group) is 1. The average Bonchev–Trinajstić information content (AvgIpc) is 2.23. The summed E-state index contributed by atoms with van der Waals surface area (Å²) in [5, 5.41) is 0. The van der Waals surface area contributed by atoms with E-state index in [-0.39, 0.29) is 7.12 Å². The van der Waals surface area contributed by atoms with Crippen molar-refractivity contribution in [1.29, 1.82) is 0 Å². The lowest BCUT2D eigenvalue weighted by molar-refractivity contribution is 0.131. The van der Waals surface area contributed by atoms with Crippen LogP contribution in [0.4, 0.5) is 0 Å². The third-order valence-electron chi connectivity index (χ3n) is 2.46. The molecular weight excluding hydrogens is 271 g/mol. The molecule has 0 bridgehead atoms. The van der Waals surface area contributed by atoms with Crippen LogP contribution in [0.25, 0.3) is 0 Å². The predicted molar refractivity (Wildman–Crippen MR) is 66.7 cm³/mol. The fraction of sp³-hybridized carbons (Fsp3) is 0.500. The fourth-order valence-electron chi connectivity index (χ4n) is 1.52. The van der Waals surface area contributed by atoms with Gasteiger partial charge in [-0.15, -0.1) is 0 Å². The molecule has 0 aromatic carbocycles. The zero-order valence-corrected chi connectivity index (χ0v) is 10.8. The molecule has 0 N–H and O–H groups in total. The van der Waals surface area contributed by atoms with Crippen molar-refractivity contribution in [3.05, 3.63) is 22.8 Å². The number of aromatic nitrogens is 1. The van der Waals surface area contributed by atoms with Gasteiger partial charge in [0.2, 0.25) is 0 Å². The lowest BCUT2D eigenvalue weighted by atomic mass is 9.83. The lowest BCUT2D eigenvalue weighted by Gasteiger charge is -2.23. The van der Waals surface area contributed by atoms with Crippen molar-refractivity contribution in [2.75, 3.05) is 33.4 Å². The van der Waals surface area contributed by atoms with Crippen LogP contribution in [0.15, 0.2) is 22.8 Å². The third-order valence-corrected chi connectivity index (χ3v) is 2.90. The van der Waals surface area contributed by atoms with Crippen LogP contribution >= 0.6 is 15.9 Å². The molecule has 1 saturated heterocycles. The van der Waals surface area contributed by atoms with Crippen LogP contribution in [0.2, 0.25) is 0 Å². The van der Waals surface area contributed by atoms with Gasteiger partial charge in [-0.1, -0.05) is 6.07 Å². The van der Waals surface area contributed by atoms with E-state index in [9.17, 15) is 0 Å². The zero-order valence-electron chi connectivity index (χ0n) is 9.23. The van der Waals surface area contributed by atoms with E-state index in [0.717, 1.165) is 23.3 Å². The molecule has 2 heterocycles. The Balaban J connectivity index is 2.03. The molecule has 6 heteroatoms. The molecule has 1 aliphatic rings. The highest BCUT2D eigenvalue weighted by Gasteiger charge is 2.24. The summed E-state index contributed by atoms with van der Waals surface area (Å²) < 4.78 is 12.1. The Labute approximate surface area is 104 Å². The molecule has 0 saturated carbocycles. The second-order valence-corrected chi connectivity index (χ2v) is 4.57. The van der Waals surface area contributed by atoms with Crippen molar-refractivity contribution in [1.82, 2.24) is 9.88 Å². The fourth-order valence-corrected chi connectivity index (χ4v) is 1.87. The van der Waals surface area contributed by atoms with Crippen molar-refractivity contribution >= 4 is 28.6 Å². The molecule has 1 aromatic rings. The van der Waals surface area contributed by atoms with Gasteiger partial charge in [-0.2, -0.15) is 0 Å². The molecule has 0 aliphatic carbocycles. The van der Waals surface area contributed by atoms with Crippen molar-refractivity contribution in [3.63, 3.8) is 0 Å². The molecule has 0 amide bonds. The van der Waals surface area contributed by atoms with Gasteiger partial charge < -0.3 is 14.2 Å². The molecular formula is C10H14BBrN2O2. The van der Waals surface area contributed by atoms with E-state index in [2.05, 4.69) is 32.9 Å². The quantitative estimate of drug-likeness (QED) is 0.556. The predicted octanol–water partition coefficient (Wildman–Crippen LogP) is 0.518. The molecule has 1 aliphatic heterocycles. The SMILES string of the molecule is CN1CCOB(c2cccc(Br)n2)OCC1. The highest BCUT2D eigenvalue weighted by molar-refractivity contribution is 9.10. The normalized spacial score (nSPS) is 19.2. The first-order valence-corrected chi connectivity index (χ1v) is 6.09. The number of nitrogens with zero attached hydrogens (tertiary/aromatic N) is 2.